The second-order valence-corrected chi connectivity index (χ2v) is 3.84. The van der Waals surface area contributed by atoms with E-state index in [4.69, 9.17) is 10.00 Å². The van der Waals surface area contributed by atoms with Crippen molar-refractivity contribution in [3.8, 4) is 6.07 Å². The lowest BCUT2D eigenvalue weighted by atomic mass is 10.2. The molecule has 0 spiro atoms. The van der Waals surface area contributed by atoms with Gasteiger partial charge in [-0.15, -0.1) is 6.58 Å². The van der Waals surface area contributed by atoms with Gasteiger partial charge in [-0.25, -0.2) is 4.79 Å². The number of hydrogen-bond acceptors (Lipinski definition) is 4. The van der Waals surface area contributed by atoms with Gasteiger partial charge in [0.05, 0.1) is 0 Å². The van der Waals surface area contributed by atoms with Crippen molar-refractivity contribution in [2.24, 2.45) is 0 Å². The summed E-state index contributed by atoms with van der Waals surface area (Å²) in [5.74, 6) is -0.530. The second kappa shape index (κ2) is 6.69. The van der Waals surface area contributed by atoms with Gasteiger partial charge in [-0.3, -0.25) is 4.79 Å². The summed E-state index contributed by atoms with van der Waals surface area (Å²) >= 11 is 0. The third-order valence-corrected chi connectivity index (χ3v) is 2.69. The molecule has 1 heterocycles. The van der Waals surface area contributed by atoms with Crippen molar-refractivity contribution in [1.29, 1.82) is 5.26 Å². The molecule has 5 heteroatoms. The number of ether oxygens (including phenoxy) is 1. The molecule has 0 radical (unpaired) electrons. The zero-order valence-corrected chi connectivity index (χ0v) is 9.72. The highest BCUT2D eigenvalue weighted by Gasteiger charge is 2.34. The van der Waals surface area contributed by atoms with Crippen LogP contribution in [0.25, 0.3) is 0 Å². The summed E-state index contributed by atoms with van der Waals surface area (Å²) in [7, 11) is 0. The Morgan fingerprint density at radius 3 is 3.00 bits per heavy atom. The van der Waals surface area contributed by atoms with Crippen LogP contribution in [-0.4, -0.2) is 36.0 Å². The van der Waals surface area contributed by atoms with Crippen molar-refractivity contribution in [1.82, 2.24) is 4.90 Å². The highest BCUT2D eigenvalue weighted by molar-refractivity contribution is 5.85. The summed E-state index contributed by atoms with van der Waals surface area (Å²) in [5.41, 5.74) is 0. The fourth-order valence-electron chi connectivity index (χ4n) is 1.88. The van der Waals surface area contributed by atoms with Gasteiger partial charge in [0.25, 0.3) is 0 Å². The second-order valence-electron chi connectivity index (χ2n) is 3.84. The first kappa shape index (κ1) is 13.2. The number of amides is 1. The molecule has 0 aromatic rings. The summed E-state index contributed by atoms with van der Waals surface area (Å²) in [6.07, 6.45) is 4.06. The van der Waals surface area contributed by atoms with E-state index in [1.54, 1.807) is 17.0 Å². The number of rotatable bonds is 5. The van der Waals surface area contributed by atoms with E-state index in [9.17, 15) is 9.59 Å². The molecular formula is C12H16N2O3. The Kier molecular flexibility index (Phi) is 5.21. The number of hydrogen-bond donors (Lipinski definition) is 0. The Bertz CT molecular complexity index is 346. The summed E-state index contributed by atoms with van der Waals surface area (Å²) in [6.45, 7) is 3.88. The minimum Gasteiger partial charge on any atom is -0.449 e. The quantitative estimate of drug-likeness (QED) is 0.527. The Hall–Kier alpha value is -1.83. The lowest BCUT2D eigenvalue weighted by molar-refractivity contribution is -0.152. The molecule has 0 N–H and O–H groups in total. The van der Waals surface area contributed by atoms with Gasteiger partial charge in [-0.2, -0.15) is 5.26 Å². The molecule has 1 saturated heterocycles. The van der Waals surface area contributed by atoms with Crippen molar-refractivity contribution in [3.05, 3.63) is 12.7 Å². The number of nitrogens with zero attached hydrogens (tertiary/aromatic N) is 2. The molecule has 17 heavy (non-hydrogen) atoms. The molecule has 0 aromatic carbocycles. The number of likely N-dealkylation sites (tertiary alicyclic amines) is 1. The SMILES string of the molecule is C=CCCC(=O)N1CCCC1C(=O)OCC#N. The predicted molar refractivity (Wildman–Crippen MR) is 60.7 cm³/mol. The molecule has 1 unspecified atom stereocenters. The Morgan fingerprint density at radius 1 is 1.59 bits per heavy atom. The number of nitriles is 1. The standard InChI is InChI=1S/C12H16N2O3/c1-2-3-6-11(15)14-8-4-5-10(14)12(16)17-9-7-13/h2,10H,1,3-6,8-9H2. The summed E-state index contributed by atoms with van der Waals surface area (Å²) in [4.78, 5) is 24.9. The predicted octanol–water partition coefficient (Wildman–Crippen LogP) is 1.01. The van der Waals surface area contributed by atoms with Gasteiger partial charge in [0.1, 0.15) is 12.1 Å². The fourth-order valence-corrected chi connectivity index (χ4v) is 1.88. The maximum Gasteiger partial charge on any atom is 0.329 e. The molecule has 0 bridgehead atoms. The maximum absolute atomic E-state index is 11.8. The summed E-state index contributed by atoms with van der Waals surface area (Å²) in [6, 6.07) is 1.23. The van der Waals surface area contributed by atoms with Crippen molar-refractivity contribution >= 4 is 11.9 Å². The zero-order chi connectivity index (χ0) is 12.7. The van der Waals surface area contributed by atoms with E-state index in [1.165, 1.54) is 0 Å². The lowest BCUT2D eigenvalue weighted by Crippen LogP contribution is -2.41. The van der Waals surface area contributed by atoms with E-state index >= 15 is 0 Å². The Labute approximate surface area is 101 Å². The number of esters is 1. The lowest BCUT2D eigenvalue weighted by Gasteiger charge is -2.22. The first-order chi connectivity index (χ1) is 8.20. The van der Waals surface area contributed by atoms with Crippen LogP contribution >= 0.6 is 0 Å². The van der Waals surface area contributed by atoms with Crippen molar-refractivity contribution in [2.45, 2.75) is 31.7 Å². The van der Waals surface area contributed by atoms with Crippen LogP contribution in [0.15, 0.2) is 12.7 Å². The molecule has 1 aliphatic rings. The van der Waals surface area contributed by atoms with E-state index in [1.807, 2.05) is 0 Å². The molecule has 1 atom stereocenters. The molecule has 0 saturated carbocycles. The zero-order valence-electron chi connectivity index (χ0n) is 9.72. The van der Waals surface area contributed by atoms with E-state index < -0.39 is 12.0 Å². The maximum atomic E-state index is 11.8. The first-order valence-corrected chi connectivity index (χ1v) is 5.64. The van der Waals surface area contributed by atoms with Gasteiger partial charge in [0.15, 0.2) is 6.61 Å². The molecule has 5 nitrogen and oxygen atoms in total. The monoisotopic (exact) mass is 236 g/mol. The molecule has 1 amide bonds. The Balaban J connectivity index is 2.53. The van der Waals surface area contributed by atoms with E-state index in [0.717, 1.165) is 6.42 Å². The van der Waals surface area contributed by atoms with Gasteiger partial charge in [-0.05, 0) is 19.3 Å². The largest absolute Gasteiger partial charge is 0.449 e. The van der Waals surface area contributed by atoms with Crippen molar-refractivity contribution in [2.75, 3.05) is 13.2 Å². The minimum atomic E-state index is -0.513. The van der Waals surface area contributed by atoms with Crippen LogP contribution < -0.4 is 0 Å². The fraction of sp³-hybridized carbons (Fsp3) is 0.583. The van der Waals surface area contributed by atoms with Gasteiger partial charge in [0, 0.05) is 13.0 Å². The van der Waals surface area contributed by atoms with Gasteiger partial charge in [0.2, 0.25) is 5.91 Å². The highest BCUT2D eigenvalue weighted by atomic mass is 16.5. The van der Waals surface area contributed by atoms with Crippen LogP contribution in [-0.2, 0) is 14.3 Å². The van der Waals surface area contributed by atoms with Crippen molar-refractivity contribution < 1.29 is 14.3 Å². The van der Waals surface area contributed by atoms with Crippen LogP contribution in [0.4, 0.5) is 0 Å². The van der Waals surface area contributed by atoms with Gasteiger partial charge >= 0.3 is 5.97 Å². The average Bonchev–Trinajstić information content (AvgIpc) is 2.82. The molecule has 1 fully saturated rings. The van der Waals surface area contributed by atoms with Crippen LogP contribution in [0.2, 0.25) is 0 Å². The topological polar surface area (TPSA) is 70.4 Å². The average molecular weight is 236 g/mol. The Morgan fingerprint density at radius 2 is 2.35 bits per heavy atom. The number of carbonyl (C=O) groups excluding carboxylic acids is 2. The summed E-state index contributed by atoms with van der Waals surface area (Å²) < 4.78 is 4.75. The number of carbonyl (C=O) groups is 2. The summed E-state index contributed by atoms with van der Waals surface area (Å²) in [5, 5.41) is 8.33. The third kappa shape index (κ3) is 3.59. The van der Waals surface area contributed by atoms with Gasteiger partial charge < -0.3 is 9.64 Å². The normalized spacial score (nSPS) is 18.5. The van der Waals surface area contributed by atoms with E-state index in [-0.39, 0.29) is 12.5 Å². The van der Waals surface area contributed by atoms with Crippen LogP contribution in [0.5, 0.6) is 0 Å². The molecule has 0 aliphatic carbocycles. The molecule has 92 valence electrons. The van der Waals surface area contributed by atoms with E-state index in [2.05, 4.69) is 6.58 Å². The third-order valence-electron chi connectivity index (χ3n) is 2.69. The van der Waals surface area contributed by atoms with Crippen LogP contribution in [0, 0.1) is 11.3 Å². The highest BCUT2D eigenvalue weighted by Crippen LogP contribution is 2.19. The van der Waals surface area contributed by atoms with Crippen molar-refractivity contribution in [3.63, 3.8) is 0 Å². The van der Waals surface area contributed by atoms with E-state index in [0.29, 0.717) is 25.8 Å². The smallest absolute Gasteiger partial charge is 0.329 e. The van der Waals surface area contributed by atoms with Crippen LogP contribution in [0.1, 0.15) is 25.7 Å². The first-order valence-electron chi connectivity index (χ1n) is 5.64. The molecule has 1 rings (SSSR count). The van der Waals surface area contributed by atoms with Crippen LogP contribution in [0.3, 0.4) is 0 Å². The molecule has 0 aromatic heterocycles. The minimum absolute atomic E-state index is 0.0543. The van der Waals surface area contributed by atoms with Gasteiger partial charge in [-0.1, -0.05) is 6.08 Å². The molecule has 1 aliphatic heterocycles. The number of allylic oxidation sites excluding steroid dienone is 1. The molecular weight excluding hydrogens is 220 g/mol.